The molecule has 1 aliphatic rings. The van der Waals surface area contributed by atoms with E-state index in [1.54, 1.807) is 9.80 Å². The highest BCUT2D eigenvalue weighted by Gasteiger charge is 2.26. The van der Waals surface area contributed by atoms with Crippen molar-refractivity contribution in [2.45, 2.75) is 13.0 Å². The van der Waals surface area contributed by atoms with Crippen LogP contribution in [0.4, 0.5) is 4.39 Å². The van der Waals surface area contributed by atoms with Gasteiger partial charge in [0.1, 0.15) is 11.9 Å². The topological polar surface area (TPSA) is 60.9 Å². The van der Waals surface area contributed by atoms with Crippen molar-refractivity contribution in [1.82, 2.24) is 9.80 Å². The third-order valence-electron chi connectivity index (χ3n) is 3.33. The van der Waals surface area contributed by atoms with Crippen molar-refractivity contribution < 1.29 is 19.1 Å². The number of carbonyl (C=O) groups excluding carboxylic acids is 2. The molecular formula is C14H17FN2O3. The lowest BCUT2D eigenvalue weighted by Gasteiger charge is -2.35. The van der Waals surface area contributed by atoms with Crippen molar-refractivity contribution in [3.63, 3.8) is 0 Å². The molecule has 1 aromatic carbocycles. The van der Waals surface area contributed by atoms with Gasteiger partial charge in [-0.2, -0.15) is 0 Å². The van der Waals surface area contributed by atoms with E-state index >= 15 is 0 Å². The molecule has 2 rings (SSSR count). The van der Waals surface area contributed by atoms with Crippen LogP contribution in [0.5, 0.6) is 0 Å². The third-order valence-corrected chi connectivity index (χ3v) is 3.33. The molecule has 1 fully saturated rings. The molecule has 0 spiro atoms. The van der Waals surface area contributed by atoms with Gasteiger partial charge >= 0.3 is 0 Å². The lowest BCUT2D eigenvalue weighted by Crippen LogP contribution is -2.52. The maximum atomic E-state index is 12.8. The standard InChI is InChI=1S/C14H17FN2O3/c1-10(18)13(19)16-6-8-17(9-7-16)14(20)11-2-4-12(15)5-3-11/h2-5,10,18H,6-9H2,1H3. The van der Waals surface area contributed by atoms with Gasteiger partial charge < -0.3 is 14.9 Å². The second-order valence-corrected chi connectivity index (χ2v) is 4.80. The zero-order valence-electron chi connectivity index (χ0n) is 11.3. The van der Waals surface area contributed by atoms with E-state index in [0.717, 1.165) is 0 Å². The van der Waals surface area contributed by atoms with Gasteiger partial charge in [0.2, 0.25) is 0 Å². The summed E-state index contributed by atoms with van der Waals surface area (Å²) in [5, 5.41) is 9.24. The number of rotatable bonds is 2. The predicted octanol–water partition coefficient (Wildman–Crippen LogP) is 0.491. The summed E-state index contributed by atoms with van der Waals surface area (Å²) in [6.45, 7) is 3.05. The van der Waals surface area contributed by atoms with E-state index in [9.17, 15) is 19.1 Å². The Morgan fingerprint density at radius 2 is 1.60 bits per heavy atom. The number of aliphatic hydroxyl groups is 1. The molecule has 0 aromatic heterocycles. The van der Waals surface area contributed by atoms with E-state index in [1.807, 2.05) is 0 Å². The highest BCUT2D eigenvalue weighted by molar-refractivity contribution is 5.94. The molecule has 2 amide bonds. The second kappa shape index (κ2) is 6.00. The fourth-order valence-electron chi connectivity index (χ4n) is 2.17. The molecule has 0 radical (unpaired) electrons. The summed E-state index contributed by atoms with van der Waals surface area (Å²) in [5.41, 5.74) is 0.432. The lowest BCUT2D eigenvalue weighted by molar-refractivity contribution is -0.140. The summed E-state index contributed by atoms with van der Waals surface area (Å²) in [7, 11) is 0. The number of hydrogen-bond donors (Lipinski definition) is 1. The summed E-state index contributed by atoms with van der Waals surface area (Å²) in [4.78, 5) is 26.9. The Morgan fingerprint density at radius 1 is 1.10 bits per heavy atom. The van der Waals surface area contributed by atoms with E-state index < -0.39 is 6.10 Å². The molecule has 1 atom stereocenters. The average molecular weight is 280 g/mol. The van der Waals surface area contributed by atoms with E-state index in [-0.39, 0.29) is 17.6 Å². The SMILES string of the molecule is CC(O)C(=O)N1CCN(C(=O)c2ccc(F)cc2)CC1. The largest absolute Gasteiger partial charge is 0.384 e. The van der Waals surface area contributed by atoms with Crippen LogP contribution in [-0.4, -0.2) is 59.0 Å². The Balaban J connectivity index is 1.95. The van der Waals surface area contributed by atoms with Gasteiger partial charge in [0.15, 0.2) is 0 Å². The molecule has 0 saturated carbocycles. The van der Waals surface area contributed by atoms with Crippen LogP contribution >= 0.6 is 0 Å². The molecule has 0 aliphatic carbocycles. The summed E-state index contributed by atoms with van der Waals surface area (Å²) < 4.78 is 12.8. The number of hydrogen-bond acceptors (Lipinski definition) is 3. The van der Waals surface area contributed by atoms with Crippen LogP contribution in [0.15, 0.2) is 24.3 Å². The maximum Gasteiger partial charge on any atom is 0.253 e. The normalized spacial score (nSPS) is 16.9. The van der Waals surface area contributed by atoms with E-state index in [1.165, 1.54) is 31.2 Å². The van der Waals surface area contributed by atoms with Gasteiger partial charge in [-0.25, -0.2) is 4.39 Å². The number of halogens is 1. The predicted molar refractivity (Wildman–Crippen MR) is 70.6 cm³/mol. The van der Waals surface area contributed by atoms with Crippen molar-refractivity contribution in [2.24, 2.45) is 0 Å². The van der Waals surface area contributed by atoms with Gasteiger partial charge in [-0.1, -0.05) is 0 Å². The summed E-state index contributed by atoms with van der Waals surface area (Å²) >= 11 is 0. The van der Waals surface area contributed by atoms with Crippen LogP contribution in [0.3, 0.4) is 0 Å². The molecule has 1 aromatic rings. The number of nitrogens with zero attached hydrogens (tertiary/aromatic N) is 2. The van der Waals surface area contributed by atoms with Crippen molar-refractivity contribution in [3.8, 4) is 0 Å². The molecule has 0 bridgehead atoms. The molecular weight excluding hydrogens is 263 g/mol. The summed E-state index contributed by atoms with van der Waals surface area (Å²) in [6.07, 6.45) is -1.02. The van der Waals surface area contributed by atoms with Crippen molar-refractivity contribution >= 4 is 11.8 Å². The van der Waals surface area contributed by atoms with E-state index in [0.29, 0.717) is 31.7 Å². The first-order chi connectivity index (χ1) is 9.49. The number of piperazine rings is 1. The summed E-state index contributed by atoms with van der Waals surface area (Å²) in [6, 6.07) is 5.40. The van der Waals surface area contributed by atoms with Gasteiger partial charge in [-0.05, 0) is 31.2 Å². The zero-order valence-corrected chi connectivity index (χ0v) is 11.3. The van der Waals surface area contributed by atoms with Crippen LogP contribution in [0.1, 0.15) is 17.3 Å². The third kappa shape index (κ3) is 3.14. The fourth-order valence-corrected chi connectivity index (χ4v) is 2.17. The quantitative estimate of drug-likeness (QED) is 0.857. The van der Waals surface area contributed by atoms with Crippen molar-refractivity contribution in [2.75, 3.05) is 26.2 Å². The second-order valence-electron chi connectivity index (χ2n) is 4.80. The van der Waals surface area contributed by atoms with Crippen LogP contribution in [0, 0.1) is 5.82 Å². The van der Waals surface area contributed by atoms with Crippen molar-refractivity contribution in [1.29, 1.82) is 0 Å². The minimum absolute atomic E-state index is 0.172. The minimum Gasteiger partial charge on any atom is -0.384 e. The zero-order chi connectivity index (χ0) is 14.7. The first kappa shape index (κ1) is 14.5. The molecule has 20 heavy (non-hydrogen) atoms. The van der Waals surface area contributed by atoms with Gasteiger partial charge in [-0.3, -0.25) is 9.59 Å². The first-order valence-electron chi connectivity index (χ1n) is 6.50. The van der Waals surface area contributed by atoms with Crippen LogP contribution < -0.4 is 0 Å². The van der Waals surface area contributed by atoms with E-state index in [2.05, 4.69) is 0 Å². The Labute approximate surface area is 116 Å². The Bertz CT molecular complexity index is 494. The Kier molecular flexibility index (Phi) is 4.34. The Hall–Kier alpha value is -1.95. The van der Waals surface area contributed by atoms with Gasteiger partial charge in [-0.15, -0.1) is 0 Å². The van der Waals surface area contributed by atoms with Crippen LogP contribution in [-0.2, 0) is 4.79 Å². The van der Waals surface area contributed by atoms with E-state index in [4.69, 9.17) is 0 Å². The number of amides is 2. The minimum atomic E-state index is -1.02. The lowest BCUT2D eigenvalue weighted by atomic mass is 10.1. The van der Waals surface area contributed by atoms with Gasteiger partial charge in [0.05, 0.1) is 0 Å². The first-order valence-corrected chi connectivity index (χ1v) is 6.50. The molecule has 1 heterocycles. The van der Waals surface area contributed by atoms with Crippen molar-refractivity contribution in [3.05, 3.63) is 35.6 Å². The van der Waals surface area contributed by atoms with Crippen LogP contribution in [0.2, 0.25) is 0 Å². The monoisotopic (exact) mass is 280 g/mol. The molecule has 1 aliphatic heterocycles. The number of aliphatic hydroxyl groups excluding tert-OH is 1. The maximum absolute atomic E-state index is 12.8. The molecule has 1 saturated heterocycles. The highest BCUT2D eigenvalue weighted by Crippen LogP contribution is 2.10. The smallest absolute Gasteiger partial charge is 0.253 e. The average Bonchev–Trinajstić information content (AvgIpc) is 2.46. The van der Waals surface area contributed by atoms with Gasteiger partial charge in [0.25, 0.3) is 11.8 Å². The fraction of sp³-hybridized carbons (Fsp3) is 0.429. The molecule has 1 N–H and O–H groups in total. The molecule has 1 unspecified atom stereocenters. The molecule has 5 nitrogen and oxygen atoms in total. The Morgan fingerprint density at radius 3 is 2.10 bits per heavy atom. The van der Waals surface area contributed by atoms with Gasteiger partial charge in [0, 0.05) is 31.7 Å². The molecule has 6 heteroatoms. The summed E-state index contributed by atoms with van der Waals surface area (Å²) in [5.74, 6) is -0.873. The molecule has 108 valence electrons. The highest BCUT2D eigenvalue weighted by atomic mass is 19.1. The van der Waals surface area contributed by atoms with Crippen LogP contribution in [0.25, 0.3) is 0 Å². The number of benzene rings is 1. The number of carbonyl (C=O) groups is 2.